The zero-order valence-electron chi connectivity index (χ0n) is 14.9. The Balaban J connectivity index is 1.63. The van der Waals surface area contributed by atoms with Crippen LogP contribution in [-0.2, 0) is 16.0 Å². The molecule has 7 nitrogen and oxygen atoms in total. The van der Waals surface area contributed by atoms with Crippen molar-refractivity contribution in [3.63, 3.8) is 0 Å². The van der Waals surface area contributed by atoms with Gasteiger partial charge in [0.15, 0.2) is 0 Å². The lowest BCUT2D eigenvalue weighted by atomic mass is 10.1. The number of thiophene rings is 1. The highest BCUT2D eigenvalue weighted by atomic mass is 32.1. The van der Waals surface area contributed by atoms with E-state index in [4.69, 9.17) is 5.73 Å². The molecule has 3 N–H and O–H groups in total. The van der Waals surface area contributed by atoms with Gasteiger partial charge in [-0.15, -0.1) is 11.3 Å². The maximum absolute atomic E-state index is 12.7. The molecule has 1 unspecified atom stereocenters. The number of primary amides is 1. The SMILES string of the molecule is NC(=O)CCNC(=O)c1ccc(C2CCCN2C(=O)Cc2ccncc2)s1. The Kier molecular flexibility index (Phi) is 6.18. The van der Waals surface area contributed by atoms with Gasteiger partial charge in [0, 0.05) is 36.8 Å². The molecule has 0 aliphatic carbocycles. The average molecular weight is 386 g/mol. The molecule has 142 valence electrons. The summed E-state index contributed by atoms with van der Waals surface area (Å²) >= 11 is 1.39. The number of hydrogen-bond donors (Lipinski definition) is 2. The van der Waals surface area contributed by atoms with Gasteiger partial charge >= 0.3 is 0 Å². The number of aromatic nitrogens is 1. The highest BCUT2D eigenvalue weighted by Gasteiger charge is 2.31. The fourth-order valence-electron chi connectivity index (χ4n) is 3.18. The van der Waals surface area contributed by atoms with Crippen molar-refractivity contribution in [1.29, 1.82) is 0 Å². The minimum atomic E-state index is -0.448. The van der Waals surface area contributed by atoms with E-state index in [0.29, 0.717) is 11.3 Å². The number of nitrogens with two attached hydrogens (primary N) is 1. The number of carbonyl (C=O) groups excluding carboxylic acids is 3. The summed E-state index contributed by atoms with van der Waals surface area (Å²) in [5.41, 5.74) is 6.02. The van der Waals surface area contributed by atoms with E-state index < -0.39 is 5.91 Å². The van der Waals surface area contributed by atoms with E-state index in [1.54, 1.807) is 18.5 Å². The number of pyridine rings is 1. The first-order valence-corrected chi connectivity index (χ1v) is 9.71. The van der Waals surface area contributed by atoms with Crippen molar-refractivity contribution in [2.24, 2.45) is 5.73 Å². The molecule has 0 saturated carbocycles. The van der Waals surface area contributed by atoms with Crippen LogP contribution in [-0.4, -0.2) is 40.7 Å². The van der Waals surface area contributed by atoms with Crippen LogP contribution in [0.4, 0.5) is 0 Å². The van der Waals surface area contributed by atoms with Crippen molar-refractivity contribution in [3.05, 3.63) is 52.0 Å². The average Bonchev–Trinajstić information content (AvgIpc) is 3.31. The van der Waals surface area contributed by atoms with E-state index in [-0.39, 0.29) is 30.8 Å². The van der Waals surface area contributed by atoms with Gasteiger partial charge in [-0.3, -0.25) is 19.4 Å². The van der Waals surface area contributed by atoms with Gasteiger partial charge in [-0.2, -0.15) is 0 Å². The predicted octanol–water partition coefficient (Wildman–Crippen LogP) is 1.65. The van der Waals surface area contributed by atoms with Crippen molar-refractivity contribution < 1.29 is 14.4 Å². The zero-order valence-corrected chi connectivity index (χ0v) is 15.7. The van der Waals surface area contributed by atoms with Gasteiger partial charge in [0.2, 0.25) is 11.8 Å². The summed E-state index contributed by atoms with van der Waals surface area (Å²) in [4.78, 5) is 43.1. The first-order chi connectivity index (χ1) is 13.0. The normalized spacial score (nSPS) is 16.3. The number of likely N-dealkylation sites (tertiary alicyclic amines) is 1. The fraction of sp³-hybridized carbons (Fsp3) is 0.368. The summed E-state index contributed by atoms with van der Waals surface area (Å²) in [6.45, 7) is 0.952. The topological polar surface area (TPSA) is 105 Å². The fourth-order valence-corrected chi connectivity index (χ4v) is 4.25. The minimum absolute atomic E-state index is 0.0107. The lowest BCUT2D eigenvalue weighted by molar-refractivity contribution is -0.131. The molecule has 27 heavy (non-hydrogen) atoms. The summed E-state index contributed by atoms with van der Waals surface area (Å²) < 4.78 is 0. The molecular formula is C19H22N4O3S. The highest BCUT2D eigenvalue weighted by molar-refractivity contribution is 7.14. The molecule has 3 amide bonds. The van der Waals surface area contributed by atoms with Crippen LogP contribution in [0, 0.1) is 0 Å². The zero-order chi connectivity index (χ0) is 19.2. The lowest BCUT2D eigenvalue weighted by Gasteiger charge is -2.24. The Labute approximate surface area is 161 Å². The summed E-state index contributed by atoms with van der Waals surface area (Å²) in [5, 5.41) is 2.69. The predicted molar refractivity (Wildman–Crippen MR) is 102 cm³/mol. The van der Waals surface area contributed by atoms with E-state index in [9.17, 15) is 14.4 Å². The third kappa shape index (κ3) is 4.91. The molecule has 1 saturated heterocycles. The van der Waals surface area contributed by atoms with Gasteiger partial charge < -0.3 is 16.0 Å². The third-order valence-electron chi connectivity index (χ3n) is 4.51. The van der Waals surface area contributed by atoms with Crippen LogP contribution in [0.25, 0.3) is 0 Å². The molecule has 3 heterocycles. The van der Waals surface area contributed by atoms with Gasteiger partial charge in [-0.05, 0) is 42.7 Å². The lowest BCUT2D eigenvalue weighted by Crippen LogP contribution is -2.31. The van der Waals surface area contributed by atoms with Gasteiger partial charge in [-0.25, -0.2) is 0 Å². The molecule has 2 aromatic heterocycles. The highest BCUT2D eigenvalue weighted by Crippen LogP contribution is 2.36. The van der Waals surface area contributed by atoms with Crippen LogP contribution >= 0.6 is 11.3 Å². The summed E-state index contributed by atoms with van der Waals surface area (Å²) in [6.07, 6.45) is 5.68. The van der Waals surface area contributed by atoms with Gasteiger partial charge in [0.05, 0.1) is 17.3 Å². The molecular weight excluding hydrogens is 364 g/mol. The van der Waals surface area contributed by atoms with E-state index in [2.05, 4.69) is 10.3 Å². The molecule has 1 aliphatic rings. The molecule has 1 aliphatic heterocycles. The number of amides is 3. The summed E-state index contributed by atoms with van der Waals surface area (Å²) in [7, 11) is 0. The van der Waals surface area contributed by atoms with Crippen LogP contribution in [0.3, 0.4) is 0 Å². The van der Waals surface area contributed by atoms with Crippen molar-refractivity contribution in [2.45, 2.75) is 31.7 Å². The van der Waals surface area contributed by atoms with Gasteiger partial charge in [0.25, 0.3) is 5.91 Å². The molecule has 1 fully saturated rings. The van der Waals surface area contributed by atoms with Crippen LogP contribution in [0.15, 0.2) is 36.7 Å². The van der Waals surface area contributed by atoms with E-state index in [0.717, 1.165) is 29.8 Å². The molecule has 0 spiro atoms. The standard InChI is InChI=1S/C19H22N4O3S/c20-17(24)7-10-22-19(26)16-4-3-15(27-16)14-2-1-11-23(14)18(25)12-13-5-8-21-9-6-13/h3-6,8-9,14H,1-2,7,10-12H2,(H2,20,24)(H,22,26). The molecule has 0 radical (unpaired) electrons. The van der Waals surface area contributed by atoms with Crippen molar-refractivity contribution >= 4 is 29.1 Å². The molecule has 2 aromatic rings. The Bertz CT molecular complexity index is 821. The van der Waals surface area contributed by atoms with Crippen LogP contribution in [0.2, 0.25) is 0 Å². The van der Waals surface area contributed by atoms with Gasteiger partial charge in [-0.1, -0.05) is 0 Å². The number of carbonyl (C=O) groups is 3. The smallest absolute Gasteiger partial charge is 0.261 e. The van der Waals surface area contributed by atoms with Crippen LogP contribution in [0.1, 0.15) is 45.4 Å². The molecule has 0 aromatic carbocycles. The number of hydrogen-bond acceptors (Lipinski definition) is 5. The van der Waals surface area contributed by atoms with Crippen molar-refractivity contribution in [3.8, 4) is 0 Å². The monoisotopic (exact) mass is 386 g/mol. The largest absolute Gasteiger partial charge is 0.370 e. The summed E-state index contributed by atoms with van der Waals surface area (Å²) in [5.74, 6) is -0.582. The van der Waals surface area contributed by atoms with Crippen molar-refractivity contribution in [2.75, 3.05) is 13.1 Å². The molecule has 1 atom stereocenters. The van der Waals surface area contributed by atoms with E-state index >= 15 is 0 Å². The van der Waals surface area contributed by atoms with E-state index in [1.165, 1.54) is 11.3 Å². The van der Waals surface area contributed by atoms with E-state index in [1.807, 2.05) is 23.1 Å². The van der Waals surface area contributed by atoms with Gasteiger partial charge in [0.1, 0.15) is 0 Å². The Morgan fingerprint density at radius 1 is 1.22 bits per heavy atom. The molecule has 3 rings (SSSR count). The second kappa shape index (κ2) is 8.77. The Hall–Kier alpha value is -2.74. The Morgan fingerprint density at radius 3 is 2.74 bits per heavy atom. The van der Waals surface area contributed by atoms with Crippen LogP contribution < -0.4 is 11.1 Å². The minimum Gasteiger partial charge on any atom is -0.370 e. The van der Waals surface area contributed by atoms with Crippen LogP contribution in [0.5, 0.6) is 0 Å². The van der Waals surface area contributed by atoms with Crippen molar-refractivity contribution in [1.82, 2.24) is 15.2 Å². The summed E-state index contributed by atoms with van der Waals surface area (Å²) in [6, 6.07) is 7.39. The number of rotatable bonds is 7. The second-order valence-electron chi connectivity index (χ2n) is 6.45. The second-order valence-corrected chi connectivity index (χ2v) is 7.57. The third-order valence-corrected chi connectivity index (χ3v) is 5.70. The number of nitrogens with one attached hydrogen (secondary N) is 1. The Morgan fingerprint density at radius 2 is 2.00 bits per heavy atom. The molecule has 8 heteroatoms. The maximum Gasteiger partial charge on any atom is 0.261 e. The maximum atomic E-state index is 12.7. The first kappa shape index (κ1) is 19.0. The number of nitrogens with zero attached hydrogens (tertiary/aromatic N) is 2. The quantitative estimate of drug-likeness (QED) is 0.755. The first-order valence-electron chi connectivity index (χ1n) is 8.89. The molecule has 0 bridgehead atoms.